The molecule has 1 unspecified atom stereocenters. The fourth-order valence-electron chi connectivity index (χ4n) is 3.36. The van der Waals surface area contributed by atoms with E-state index in [-0.39, 0.29) is 23.2 Å². The zero-order chi connectivity index (χ0) is 18.6. The summed E-state index contributed by atoms with van der Waals surface area (Å²) in [4.78, 5) is 18.7. The molecule has 1 aromatic rings. The Morgan fingerprint density at radius 1 is 1.26 bits per heavy atom. The van der Waals surface area contributed by atoms with E-state index in [0.29, 0.717) is 30.4 Å². The Morgan fingerprint density at radius 3 is 2.78 bits per heavy atom. The van der Waals surface area contributed by atoms with Gasteiger partial charge < -0.3 is 10.2 Å². The molecule has 0 aromatic heterocycles. The zero-order valence-electron chi connectivity index (χ0n) is 15.5. The number of hydrogen-bond donors (Lipinski definition) is 2. The van der Waals surface area contributed by atoms with E-state index >= 15 is 0 Å². The maximum Gasteiger partial charge on any atom is 0.263 e. The van der Waals surface area contributed by atoms with Gasteiger partial charge in [0.15, 0.2) is 0 Å². The van der Waals surface area contributed by atoms with Crippen LogP contribution in [0.2, 0.25) is 0 Å². The van der Waals surface area contributed by atoms with E-state index in [1.54, 1.807) is 24.3 Å². The summed E-state index contributed by atoms with van der Waals surface area (Å²) in [6, 6.07) is 7.18. The Bertz CT molecular complexity index is 792. The van der Waals surface area contributed by atoms with Gasteiger partial charge in [0.05, 0.1) is 4.90 Å². The molecule has 27 heavy (non-hydrogen) atoms. The molecule has 9 heteroatoms. The summed E-state index contributed by atoms with van der Waals surface area (Å²) < 4.78 is 26.5. The van der Waals surface area contributed by atoms with Gasteiger partial charge in [-0.15, -0.1) is 12.4 Å². The van der Waals surface area contributed by atoms with Gasteiger partial charge in [0.2, 0.25) is 5.91 Å². The lowest BCUT2D eigenvalue weighted by atomic mass is 10.1. The molecule has 3 rings (SSSR count). The Morgan fingerprint density at radius 2 is 2.04 bits per heavy atom. The molecule has 2 aliphatic rings. The van der Waals surface area contributed by atoms with Crippen LogP contribution >= 0.6 is 12.4 Å². The van der Waals surface area contributed by atoms with Crippen LogP contribution in [0.1, 0.15) is 37.7 Å². The number of nitrogens with one attached hydrogen (secondary N) is 2. The van der Waals surface area contributed by atoms with Crippen LogP contribution in [0.4, 0.5) is 0 Å². The van der Waals surface area contributed by atoms with Gasteiger partial charge in [0, 0.05) is 38.2 Å². The molecule has 2 N–H and O–H groups in total. The molecular formula is C18H27ClN4O3S. The first kappa shape index (κ1) is 21.7. The molecule has 1 aromatic carbocycles. The molecule has 150 valence electrons. The monoisotopic (exact) mass is 414 g/mol. The zero-order valence-corrected chi connectivity index (χ0v) is 17.1. The average molecular weight is 415 g/mol. The summed E-state index contributed by atoms with van der Waals surface area (Å²) in [7, 11) is -1.58. The van der Waals surface area contributed by atoms with Gasteiger partial charge in [-0.25, -0.2) is 8.42 Å². The van der Waals surface area contributed by atoms with Crippen molar-refractivity contribution in [3.63, 3.8) is 0 Å². The van der Waals surface area contributed by atoms with E-state index in [1.807, 2.05) is 11.9 Å². The molecule has 0 spiro atoms. The van der Waals surface area contributed by atoms with Crippen LogP contribution in [-0.2, 0) is 14.8 Å². The van der Waals surface area contributed by atoms with Gasteiger partial charge in [0.1, 0.15) is 5.84 Å². The fourth-order valence-corrected chi connectivity index (χ4v) is 4.61. The minimum Gasteiger partial charge on any atom is -0.341 e. The number of aliphatic imine (C=N–C) groups is 1. The van der Waals surface area contributed by atoms with Crippen LogP contribution in [0.15, 0.2) is 34.2 Å². The first-order chi connectivity index (χ1) is 12.5. The summed E-state index contributed by atoms with van der Waals surface area (Å²) in [5.74, 6) is 0.618. The summed E-state index contributed by atoms with van der Waals surface area (Å²) in [5, 5.41) is 3.27. The quantitative estimate of drug-likeness (QED) is 0.662. The second-order valence-corrected chi connectivity index (χ2v) is 8.44. The Labute approximate surface area is 167 Å². The van der Waals surface area contributed by atoms with Crippen LogP contribution in [0, 0.1) is 0 Å². The van der Waals surface area contributed by atoms with Crippen LogP contribution < -0.4 is 10.0 Å². The lowest BCUT2D eigenvalue weighted by molar-refractivity contribution is -0.131. The van der Waals surface area contributed by atoms with Crippen LogP contribution in [0.25, 0.3) is 0 Å². The highest BCUT2D eigenvalue weighted by Gasteiger charge is 2.29. The third kappa shape index (κ3) is 5.21. The molecule has 1 amide bonds. The van der Waals surface area contributed by atoms with E-state index in [4.69, 9.17) is 0 Å². The van der Waals surface area contributed by atoms with Crippen molar-refractivity contribution in [3.05, 3.63) is 29.8 Å². The summed E-state index contributed by atoms with van der Waals surface area (Å²) in [5.41, 5.74) is 0.634. The highest BCUT2D eigenvalue weighted by atomic mass is 35.5. The first-order valence-corrected chi connectivity index (χ1v) is 10.6. The number of amidine groups is 1. The largest absolute Gasteiger partial charge is 0.341 e. The first-order valence-electron chi connectivity index (χ1n) is 9.12. The number of sulfonamides is 1. The normalized spacial score (nSPS) is 21.4. The minimum atomic E-state index is -3.47. The number of hydrogen-bond acceptors (Lipinski definition) is 5. The fraction of sp³-hybridized carbons (Fsp3) is 0.556. The predicted octanol–water partition coefficient (Wildman–Crippen LogP) is 1.53. The highest BCUT2D eigenvalue weighted by Crippen LogP contribution is 2.22. The number of amides is 1. The van der Waals surface area contributed by atoms with Crippen molar-refractivity contribution in [2.24, 2.45) is 4.99 Å². The van der Waals surface area contributed by atoms with Gasteiger partial charge in [-0.2, -0.15) is 0 Å². The number of rotatable bonds is 7. The third-order valence-corrected chi connectivity index (χ3v) is 6.35. The minimum absolute atomic E-state index is 0. The molecule has 0 saturated carbocycles. The van der Waals surface area contributed by atoms with E-state index in [1.165, 1.54) is 0 Å². The lowest BCUT2D eigenvalue weighted by Crippen LogP contribution is -2.38. The van der Waals surface area contributed by atoms with Crippen molar-refractivity contribution in [2.75, 3.05) is 26.7 Å². The number of unbranched alkanes of at least 4 members (excludes halogenated alkanes) is 2. The van der Waals surface area contributed by atoms with Gasteiger partial charge >= 0.3 is 0 Å². The summed E-state index contributed by atoms with van der Waals surface area (Å²) in [6.45, 7) is 2.41. The predicted molar refractivity (Wildman–Crippen MR) is 108 cm³/mol. The maximum absolute atomic E-state index is 12.2. The highest BCUT2D eigenvalue weighted by molar-refractivity contribution is 7.90. The number of carbonyl (C=O) groups excluding carboxylic acids is 1. The topological polar surface area (TPSA) is 90.9 Å². The molecule has 1 saturated heterocycles. The molecule has 7 nitrogen and oxygen atoms in total. The Hall–Kier alpha value is -1.64. The van der Waals surface area contributed by atoms with E-state index in [0.717, 1.165) is 38.8 Å². The van der Waals surface area contributed by atoms with Crippen molar-refractivity contribution in [2.45, 2.75) is 43.0 Å². The van der Waals surface area contributed by atoms with Crippen molar-refractivity contribution in [1.82, 2.24) is 14.9 Å². The summed E-state index contributed by atoms with van der Waals surface area (Å²) >= 11 is 0. The van der Waals surface area contributed by atoms with Crippen LogP contribution in [0.3, 0.4) is 0 Å². The number of halogens is 1. The molecule has 0 radical (unpaired) electrons. The number of fused-ring (bicyclic) bond motifs is 1. The second-order valence-electron chi connectivity index (χ2n) is 6.79. The molecule has 2 heterocycles. The number of carbonyl (C=O) groups is 1. The third-order valence-electron chi connectivity index (χ3n) is 4.96. The smallest absolute Gasteiger partial charge is 0.263 e. The maximum atomic E-state index is 12.2. The standard InChI is InChI=1S/C18H26N4O3S.ClH/c1-22(14-10-12-19-13-14)17(23)9-3-2-6-11-20-18-15-7-4-5-8-16(15)26(24,25)21-18;/h4-5,7-8,14,19H,2-3,6,9-13H2,1H3,(H,20,21);1H. The Kier molecular flexibility index (Phi) is 7.64. The molecule has 1 fully saturated rings. The van der Waals surface area contributed by atoms with Crippen LogP contribution in [-0.4, -0.2) is 57.8 Å². The molecule has 1 atom stereocenters. The van der Waals surface area contributed by atoms with Crippen molar-refractivity contribution < 1.29 is 13.2 Å². The van der Waals surface area contributed by atoms with E-state index in [9.17, 15) is 13.2 Å². The molecule has 0 aliphatic carbocycles. The number of benzene rings is 1. The summed E-state index contributed by atoms with van der Waals surface area (Å²) in [6.07, 6.45) is 4.13. The molecular weight excluding hydrogens is 388 g/mol. The number of likely N-dealkylation sites (N-methyl/N-ethyl adjacent to an activating group) is 1. The van der Waals surface area contributed by atoms with Crippen molar-refractivity contribution in [3.8, 4) is 0 Å². The van der Waals surface area contributed by atoms with Gasteiger partial charge in [0.25, 0.3) is 10.0 Å². The van der Waals surface area contributed by atoms with Crippen LogP contribution in [0.5, 0.6) is 0 Å². The number of nitrogens with zero attached hydrogens (tertiary/aromatic N) is 2. The van der Waals surface area contributed by atoms with E-state index in [2.05, 4.69) is 15.0 Å². The SMILES string of the molecule is CN(C(=O)CCCCCN=C1NS(=O)(=O)c2ccccc21)C1CCNC1.Cl. The van der Waals surface area contributed by atoms with Gasteiger partial charge in [-0.1, -0.05) is 18.6 Å². The molecule has 0 bridgehead atoms. The van der Waals surface area contributed by atoms with Crippen molar-refractivity contribution >= 4 is 34.2 Å². The Balaban J connectivity index is 0.00000261. The molecule has 2 aliphatic heterocycles. The van der Waals surface area contributed by atoms with Crippen molar-refractivity contribution in [1.29, 1.82) is 0 Å². The van der Waals surface area contributed by atoms with Gasteiger partial charge in [-0.05, 0) is 37.9 Å². The lowest BCUT2D eigenvalue weighted by Gasteiger charge is -2.23. The van der Waals surface area contributed by atoms with E-state index < -0.39 is 10.0 Å². The van der Waals surface area contributed by atoms with Gasteiger partial charge in [-0.3, -0.25) is 14.5 Å². The average Bonchev–Trinajstić information content (AvgIpc) is 3.24. The second kappa shape index (κ2) is 9.52.